The van der Waals surface area contributed by atoms with Crippen molar-refractivity contribution >= 4 is 17.2 Å². The number of carbonyl (C=O) groups excluding carboxylic acids is 1. The number of hydrogen-bond acceptors (Lipinski definition) is 3. The number of hydrogen-bond donors (Lipinski definition) is 0. The zero-order valence-corrected chi connectivity index (χ0v) is 15.4. The highest BCUT2D eigenvalue weighted by molar-refractivity contribution is 7.13. The van der Waals surface area contributed by atoms with E-state index in [4.69, 9.17) is 0 Å². The van der Waals surface area contributed by atoms with Crippen LogP contribution in [-0.2, 0) is 24.2 Å². The Hall–Kier alpha value is -2.46. The average Bonchev–Trinajstić information content (AvgIpc) is 3.11. The van der Waals surface area contributed by atoms with Crippen molar-refractivity contribution in [1.29, 1.82) is 0 Å². The van der Waals surface area contributed by atoms with Crippen molar-refractivity contribution < 1.29 is 4.79 Å². The van der Waals surface area contributed by atoms with Gasteiger partial charge in [0, 0.05) is 24.5 Å². The molecule has 0 atom stereocenters. The van der Waals surface area contributed by atoms with Gasteiger partial charge < -0.3 is 4.90 Å². The van der Waals surface area contributed by atoms with E-state index in [1.807, 2.05) is 42.8 Å². The molecule has 0 radical (unpaired) electrons. The highest BCUT2D eigenvalue weighted by atomic mass is 32.1. The molecule has 1 amide bonds. The summed E-state index contributed by atoms with van der Waals surface area (Å²) < 4.78 is 0. The van der Waals surface area contributed by atoms with Crippen LogP contribution < -0.4 is 0 Å². The number of nitrogens with zero attached hydrogens (tertiary/aromatic N) is 2. The number of benzene rings is 2. The fourth-order valence-electron chi connectivity index (χ4n) is 2.63. The van der Waals surface area contributed by atoms with Crippen LogP contribution in [0.1, 0.15) is 23.7 Å². The lowest BCUT2D eigenvalue weighted by Gasteiger charge is -2.17. The molecule has 0 spiro atoms. The van der Waals surface area contributed by atoms with Crippen LogP contribution in [0.15, 0.2) is 60.0 Å². The van der Waals surface area contributed by atoms with Gasteiger partial charge in [-0.05, 0) is 17.5 Å². The zero-order valence-electron chi connectivity index (χ0n) is 14.6. The highest BCUT2D eigenvalue weighted by Crippen LogP contribution is 2.23. The Balaban J connectivity index is 1.60. The fraction of sp³-hybridized carbons (Fsp3) is 0.238. The van der Waals surface area contributed by atoms with Crippen LogP contribution in [0.25, 0.3) is 10.6 Å². The smallest absolute Gasteiger partial charge is 0.228 e. The van der Waals surface area contributed by atoms with Gasteiger partial charge in [0.15, 0.2) is 0 Å². The quantitative estimate of drug-likeness (QED) is 0.652. The van der Waals surface area contributed by atoms with Crippen molar-refractivity contribution in [2.75, 3.05) is 7.05 Å². The van der Waals surface area contributed by atoms with Crippen LogP contribution in [-0.4, -0.2) is 22.8 Å². The molecule has 3 nitrogen and oxygen atoms in total. The molecule has 0 aliphatic heterocycles. The van der Waals surface area contributed by atoms with Gasteiger partial charge in [-0.1, -0.05) is 61.5 Å². The minimum absolute atomic E-state index is 0.0875. The largest absolute Gasteiger partial charge is 0.341 e. The van der Waals surface area contributed by atoms with Crippen molar-refractivity contribution in [3.8, 4) is 10.6 Å². The second kappa shape index (κ2) is 8.08. The van der Waals surface area contributed by atoms with Crippen molar-refractivity contribution in [1.82, 2.24) is 9.88 Å². The molecule has 0 saturated heterocycles. The molecule has 0 saturated carbocycles. The molecule has 4 heteroatoms. The van der Waals surface area contributed by atoms with Gasteiger partial charge in [0.05, 0.1) is 12.1 Å². The van der Waals surface area contributed by atoms with Crippen LogP contribution >= 0.6 is 11.3 Å². The first-order chi connectivity index (χ1) is 12.2. The summed E-state index contributed by atoms with van der Waals surface area (Å²) in [6.45, 7) is 2.76. The van der Waals surface area contributed by atoms with E-state index < -0.39 is 0 Å². The molecule has 3 rings (SSSR count). The van der Waals surface area contributed by atoms with Gasteiger partial charge in [-0.3, -0.25) is 4.79 Å². The second-order valence-electron chi connectivity index (χ2n) is 6.11. The van der Waals surface area contributed by atoms with Gasteiger partial charge in [-0.15, -0.1) is 11.3 Å². The molecule has 0 bridgehead atoms. The first-order valence-electron chi connectivity index (χ1n) is 8.47. The van der Waals surface area contributed by atoms with Crippen LogP contribution in [0.4, 0.5) is 0 Å². The molecule has 3 aromatic rings. The van der Waals surface area contributed by atoms with Crippen molar-refractivity contribution in [3.63, 3.8) is 0 Å². The Morgan fingerprint density at radius 2 is 1.72 bits per heavy atom. The van der Waals surface area contributed by atoms with E-state index in [0.717, 1.165) is 28.2 Å². The molecule has 0 aliphatic rings. The number of aryl methyl sites for hydroxylation is 1. The summed E-state index contributed by atoms with van der Waals surface area (Å²) >= 11 is 1.58. The van der Waals surface area contributed by atoms with E-state index in [2.05, 4.69) is 36.2 Å². The van der Waals surface area contributed by atoms with Crippen LogP contribution in [0.5, 0.6) is 0 Å². The van der Waals surface area contributed by atoms with E-state index in [0.29, 0.717) is 13.0 Å². The van der Waals surface area contributed by atoms with Crippen molar-refractivity contribution in [2.24, 2.45) is 0 Å². The fourth-order valence-corrected chi connectivity index (χ4v) is 3.46. The predicted molar refractivity (Wildman–Crippen MR) is 104 cm³/mol. The molecule has 25 heavy (non-hydrogen) atoms. The van der Waals surface area contributed by atoms with E-state index in [9.17, 15) is 4.79 Å². The number of carbonyl (C=O) groups is 1. The van der Waals surface area contributed by atoms with Gasteiger partial charge in [-0.25, -0.2) is 4.98 Å². The number of amides is 1. The lowest BCUT2D eigenvalue weighted by molar-refractivity contribution is -0.129. The minimum Gasteiger partial charge on any atom is -0.341 e. The van der Waals surface area contributed by atoms with E-state index in [1.54, 1.807) is 16.2 Å². The van der Waals surface area contributed by atoms with Crippen molar-refractivity contribution in [2.45, 2.75) is 26.3 Å². The van der Waals surface area contributed by atoms with Crippen molar-refractivity contribution in [3.05, 3.63) is 76.8 Å². The normalized spacial score (nSPS) is 10.6. The van der Waals surface area contributed by atoms with E-state index >= 15 is 0 Å². The summed E-state index contributed by atoms with van der Waals surface area (Å²) in [7, 11) is 1.85. The minimum atomic E-state index is 0.0875. The third kappa shape index (κ3) is 4.54. The molecule has 0 N–H and O–H groups in total. The molecule has 2 aromatic carbocycles. The second-order valence-corrected chi connectivity index (χ2v) is 6.96. The lowest BCUT2D eigenvalue weighted by atomic mass is 10.1. The Morgan fingerprint density at radius 3 is 2.40 bits per heavy atom. The lowest BCUT2D eigenvalue weighted by Crippen LogP contribution is -2.27. The molecule has 0 unspecified atom stereocenters. The number of thiazole rings is 1. The molecule has 0 aliphatic carbocycles. The Morgan fingerprint density at radius 1 is 1.04 bits per heavy atom. The SMILES string of the molecule is CCc1ccc(CN(C)C(=O)Cc2csc(-c3ccccc3)n2)cc1. The Bertz CT molecular complexity index is 825. The summed E-state index contributed by atoms with van der Waals surface area (Å²) in [4.78, 5) is 18.8. The molecular formula is C21H22N2OS. The molecule has 1 heterocycles. The van der Waals surface area contributed by atoms with Crippen LogP contribution in [0, 0.1) is 0 Å². The van der Waals surface area contributed by atoms with Gasteiger partial charge in [0.25, 0.3) is 0 Å². The maximum absolute atomic E-state index is 12.5. The summed E-state index contributed by atoms with van der Waals surface area (Å²) in [6.07, 6.45) is 1.37. The first kappa shape index (κ1) is 17.4. The zero-order chi connectivity index (χ0) is 17.6. The van der Waals surface area contributed by atoms with Crippen LogP contribution in [0.3, 0.4) is 0 Å². The third-order valence-electron chi connectivity index (χ3n) is 4.18. The predicted octanol–water partition coefficient (Wildman–Crippen LogP) is 4.57. The number of rotatable bonds is 6. The third-order valence-corrected chi connectivity index (χ3v) is 5.12. The number of likely N-dealkylation sites (N-methyl/N-ethyl adjacent to an activating group) is 1. The molecule has 128 valence electrons. The van der Waals surface area contributed by atoms with E-state index in [1.165, 1.54) is 5.56 Å². The average molecular weight is 350 g/mol. The summed E-state index contributed by atoms with van der Waals surface area (Å²) in [5.41, 5.74) is 4.39. The van der Waals surface area contributed by atoms with Gasteiger partial charge in [0.1, 0.15) is 5.01 Å². The highest BCUT2D eigenvalue weighted by Gasteiger charge is 2.13. The molecule has 0 fully saturated rings. The van der Waals surface area contributed by atoms with Gasteiger partial charge >= 0.3 is 0 Å². The number of aromatic nitrogens is 1. The first-order valence-corrected chi connectivity index (χ1v) is 9.35. The van der Waals surface area contributed by atoms with Gasteiger partial charge in [-0.2, -0.15) is 0 Å². The molecule has 1 aromatic heterocycles. The standard InChI is InChI=1S/C21H22N2OS/c1-3-16-9-11-17(12-10-16)14-23(2)20(24)13-19-15-25-21(22-19)18-7-5-4-6-8-18/h4-12,15H,3,13-14H2,1-2H3. The maximum Gasteiger partial charge on any atom is 0.228 e. The topological polar surface area (TPSA) is 33.2 Å². The van der Waals surface area contributed by atoms with Crippen LogP contribution in [0.2, 0.25) is 0 Å². The summed E-state index contributed by atoms with van der Waals surface area (Å²) in [5, 5.41) is 2.94. The van der Waals surface area contributed by atoms with E-state index in [-0.39, 0.29) is 5.91 Å². The molecular weight excluding hydrogens is 328 g/mol. The summed E-state index contributed by atoms with van der Waals surface area (Å²) in [6, 6.07) is 18.5. The Labute approximate surface area is 153 Å². The monoisotopic (exact) mass is 350 g/mol. The summed E-state index contributed by atoms with van der Waals surface area (Å²) in [5.74, 6) is 0.0875. The Kier molecular flexibility index (Phi) is 5.61. The van der Waals surface area contributed by atoms with Gasteiger partial charge in [0.2, 0.25) is 5.91 Å². The maximum atomic E-state index is 12.5.